The van der Waals surface area contributed by atoms with Gasteiger partial charge in [0.25, 0.3) is 0 Å². The number of aliphatic hydroxyl groups is 5. The van der Waals surface area contributed by atoms with Gasteiger partial charge in [-0.15, -0.1) is 0 Å². The Kier molecular flexibility index (Phi) is 52.0. The van der Waals surface area contributed by atoms with Gasteiger partial charge in [-0.3, -0.25) is 4.79 Å². The first-order valence-electron chi connectivity index (χ1n) is 32.4. The monoisotopic (exact) mass is 1040 g/mol. The molecule has 1 heterocycles. The highest BCUT2D eigenvalue weighted by molar-refractivity contribution is 5.76. The van der Waals surface area contributed by atoms with Gasteiger partial charge >= 0.3 is 0 Å². The van der Waals surface area contributed by atoms with Crippen LogP contribution < -0.4 is 5.32 Å². The molecule has 0 aromatic rings. The molecule has 0 aromatic carbocycles. The second-order valence-corrected chi connectivity index (χ2v) is 22.9. The summed E-state index contributed by atoms with van der Waals surface area (Å²) in [6, 6.07) is -0.718. The summed E-state index contributed by atoms with van der Waals surface area (Å²) in [5.41, 5.74) is 0. The molecular weight excluding hydrogens is 911 g/mol. The molecule has 1 amide bonds. The molecule has 7 atom stereocenters. The van der Waals surface area contributed by atoms with Gasteiger partial charge in [0, 0.05) is 6.42 Å². The quantitative estimate of drug-likeness (QED) is 0.0261. The van der Waals surface area contributed by atoms with Gasteiger partial charge in [0.1, 0.15) is 24.4 Å². The highest BCUT2D eigenvalue weighted by Gasteiger charge is 2.44. The minimum absolute atomic E-state index is 0.134. The van der Waals surface area contributed by atoms with Crippen LogP contribution in [0.5, 0.6) is 0 Å². The summed E-state index contributed by atoms with van der Waals surface area (Å²) in [7, 11) is 0. The molecule has 0 bridgehead atoms. The lowest BCUT2D eigenvalue weighted by atomic mass is 9.99. The number of carbonyl (C=O) groups is 1. The van der Waals surface area contributed by atoms with Crippen LogP contribution in [-0.2, 0) is 14.3 Å². The molecule has 0 radical (unpaired) electrons. The fourth-order valence-electron chi connectivity index (χ4n) is 10.7. The number of carbonyl (C=O) groups excluding carboxylic acids is 1. The Morgan fingerprint density at radius 1 is 0.452 bits per heavy atom. The van der Waals surface area contributed by atoms with E-state index < -0.39 is 49.5 Å². The second kappa shape index (κ2) is 54.3. The molecule has 1 rings (SSSR count). The van der Waals surface area contributed by atoms with Crippen LogP contribution in [0.1, 0.15) is 335 Å². The van der Waals surface area contributed by atoms with E-state index in [1.807, 2.05) is 0 Å². The molecule has 0 aromatic heterocycles. The minimum Gasteiger partial charge on any atom is -0.394 e. The van der Waals surface area contributed by atoms with Crippen molar-refractivity contribution in [1.29, 1.82) is 0 Å². The Hall–Kier alpha value is -1.07. The smallest absolute Gasteiger partial charge is 0.220 e. The van der Waals surface area contributed by atoms with Gasteiger partial charge in [-0.1, -0.05) is 302 Å². The molecule has 9 nitrogen and oxygen atoms in total. The van der Waals surface area contributed by atoms with E-state index in [0.717, 1.165) is 38.5 Å². The lowest BCUT2D eigenvalue weighted by Gasteiger charge is -2.40. The Balaban J connectivity index is 2.13. The van der Waals surface area contributed by atoms with E-state index in [4.69, 9.17) is 9.47 Å². The third-order valence-corrected chi connectivity index (χ3v) is 15.9. The lowest BCUT2D eigenvalue weighted by Crippen LogP contribution is -2.60. The van der Waals surface area contributed by atoms with E-state index in [2.05, 4.69) is 31.3 Å². The first-order chi connectivity index (χ1) is 35.8. The number of ether oxygens (including phenoxy) is 2. The van der Waals surface area contributed by atoms with E-state index in [0.29, 0.717) is 12.8 Å². The number of amides is 1. The van der Waals surface area contributed by atoms with Crippen molar-refractivity contribution in [3.05, 3.63) is 12.2 Å². The molecule has 0 aliphatic carbocycles. The van der Waals surface area contributed by atoms with Gasteiger partial charge in [0.05, 0.1) is 25.4 Å². The maximum absolute atomic E-state index is 13.1. The van der Waals surface area contributed by atoms with Gasteiger partial charge in [-0.2, -0.15) is 0 Å². The molecule has 1 aliphatic heterocycles. The van der Waals surface area contributed by atoms with Gasteiger partial charge in [0.2, 0.25) is 5.91 Å². The van der Waals surface area contributed by atoms with E-state index in [9.17, 15) is 30.3 Å². The predicted molar refractivity (Wildman–Crippen MR) is 309 cm³/mol. The predicted octanol–water partition coefficient (Wildman–Crippen LogP) is 16.7. The molecule has 73 heavy (non-hydrogen) atoms. The SMILES string of the molecule is CCCCCCCCCC/C=C\CCCCCCCCCCCC(=O)NC(COC1OC(CO)C(O)C(O)C1O)C(O)CCCCCCCCCCCCCCCCCCCCCCCCCCCCCCC. The average Bonchev–Trinajstić information content (AvgIpc) is 3.39. The third kappa shape index (κ3) is 43.6. The summed E-state index contributed by atoms with van der Waals surface area (Å²) < 4.78 is 11.3. The van der Waals surface area contributed by atoms with Crippen molar-refractivity contribution in [2.45, 2.75) is 378 Å². The summed E-state index contributed by atoms with van der Waals surface area (Å²) in [6.07, 6.45) is 61.2. The van der Waals surface area contributed by atoms with Crippen LogP contribution in [0.3, 0.4) is 0 Å². The maximum atomic E-state index is 13.1. The molecule has 0 spiro atoms. The minimum atomic E-state index is -1.55. The second-order valence-electron chi connectivity index (χ2n) is 22.9. The Morgan fingerprint density at radius 2 is 0.767 bits per heavy atom. The molecule has 1 fully saturated rings. The molecule has 9 heteroatoms. The van der Waals surface area contributed by atoms with Crippen molar-refractivity contribution >= 4 is 5.91 Å². The number of hydrogen-bond donors (Lipinski definition) is 6. The maximum Gasteiger partial charge on any atom is 0.220 e. The van der Waals surface area contributed by atoms with E-state index in [1.54, 1.807) is 0 Å². The number of rotatable bonds is 57. The largest absolute Gasteiger partial charge is 0.394 e. The lowest BCUT2D eigenvalue weighted by molar-refractivity contribution is -0.302. The molecule has 434 valence electrons. The number of nitrogens with one attached hydrogen (secondary N) is 1. The van der Waals surface area contributed by atoms with Gasteiger partial charge in [-0.25, -0.2) is 0 Å². The summed E-state index contributed by atoms with van der Waals surface area (Å²) >= 11 is 0. The summed E-state index contributed by atoms with van der Waals surface area (Å²) in [5.74, 6) is -0.140. The van der Waals surface area contributed by atoms with Crippen LogP contribution >= 0.6 is 0 Å². The van der Waals surface area contributed by atoms with Gasteiger partial charge in [0.15, 0.2) is 6.29 Å². The van der Waals surface area contributed by atoms with Crippen LogP contribution in [0.15, 0.2) is 12.2 Å². The zero-order valence-electron chi connectivity index (χ0n) is 48.4. The topological polar surface area (TPSA) is 149 Å². The Morgan fingerprint density at radius 3 is 1.11 bits per heavy atom. The van der Waals surface area contributed by atoms with E-state index >= 15 is 0 Å². The van der Waals surface area contributed by atoms with Crippen LogP contribution in [0, 0.1) is 0 Å². The highest BCUT2D eigenvalue weighted by atomic mass is 16.7. The van der Waals surface area contributed by atoms with E-state index in [1.165, 1.54) is 270 Å². The van der Waals surface area contributed by atoms with Crippen LogP contribution in [-0.4, -0.2) is 87.5 Å². The van der Waals surface area contributed by atoms with Crippen molar-refractivity contribution in [1.82, 2.24) is 5.32 Å². The first kappa shape index (κ1) is 69.9. The highest BCUT2D eigenvalue weighted by Crippen LogP contribution is 2.24. The fourth-order valence-corrected chi connectivity index (χ4v) is 10.7. The first-order valence-corrected chi connectivity index (χ1v) is 32.4. The molecule has 1 aliphatic rings. The average molecular weight is 1040 g/mol. The van der Waals surface area contributed by atoms with Crippen molar-refractivity contribution in [3.8, 4) is 0 Å². The molecule has 1 saturated heterocycles. The standard InChI is InChI=1S/C64H125NO8/c1-3-5-7-9-11-13-15-17-19-21-23-25-26-27-28-29-30-31-32-34-35-37-39-41-43-45-47-49-51-53-58(67)57(56-72-64-63(71)62(70)61(69)59(55-66)73-64)65-60(68)54-52-50-48-46-44-42-40-38-36-33-24-22-20-18-16-14-12-10-8-6-4-2/h22,24,57-59,61-64,66-67,69-71H,3-21,23,25-56H2,1-2H3,(H,65,68)/b24-22-. The molecule has 7 unspecified atom stereocenters. The van der Waals surface area contributed by atoms with Crippen LogP contribution in [0.4, 0.5) is 0 Å². The van der Waals surface area contributed by atoms with Crippen molar-refractivity contribution in [2.24, 2.45) is 0 Å². The normalized spacial score (nSPS) is 19.0. The summed E-state index contributed by atoms with van der Waals surface area (Å²) in [4.78, 5) is 13.1. The molecule has 0 saturated carbocycles. The number of aliphatic hydroxyl groups excluding tert-OH is 5. The van der Waals surface area contributed by atoms with Crippen molar-refractivity contribution in [2.75, 3.05) is 13.2 Å². The van der Waals surface area contributed by atoms with Gasteiger partial charge in [-0.05, 0) is 38.5 Å². The number of hydrogen-bond acceptors (Lipinski definition) is 8. The Labute approximate surface area is 452 Å². The zero-order chi connectivity index (χ0) is 52.9. The summed E-state index contributed by atoms with van der Waals surface area (Å²) in [5, 5.41) is 54.8. The number of allylic oxidation sites excluding steroid dienone is 2. The fraction of sp³-hybridized carbons (Fsp3) is 0.953. The summed E-state index contributed by atoms with van der Waals surface area (Å²) in [6.45, 7) is 3.89. The van der Waals surface area contributed by atoms with Crippen LogP contribution in [0.25, 0.3) is 0 Å². The zero-order valence-corrected chi connectivity index (χ0v) is 48.4. The van der Waals surface area contributed by atoms with Crippen molar-refractivity contribution in [3.63, 3.8) is 0 Å². The van der Waals surface area contributed by atoms with Crippen molar-refractivity contribution < 1.29 is 39.8 Å². The Bertz CT molecular complexity index is 1150. The van der Waals surface area contributed by atoms with Gasteiger partial charge < -0.3 is 40.3 Å². The van der Waals surface area contributed by atoms with E-state index in [-0.39, 0.29) is 12.5 Å². The third-order valence-electron chi connectivity index (χ3n) is 15.9. The molecule has 6 N–H and O–H groups in total. The number of unbranched alkanes of at least 4 members (excludes halogenated alkanes) is 45. The molecular formula is C64H125NO8. The van der Waals surface area contributed by atoms with Crippen LogP contribution in [0.2, 0.25) is 0 Å².